The third kappa shape index (κ3) is 3.82. The lowest BCUT2D eigenvalue weighted by Crippen LogP contribution is -2.15. The highest BCUT2D eigenvalue weighted by molar-refractivity contribution is 5.35. The minimum absolute atomic E-state index is 0.693. The molecular formula is C18H22N2O. The standard InChI is InChI=1S/C18H22N2O/c1-3-14-5-4-6-17(10-14)21-18-13(2)9-15(12-20-18)11-19-16-7-8-16/h4-6,9-10,12,16,19H,3,7-8,11H2,1-2H3. The second-order valence-corrected chi connectivity index (χ2v) is 5.72. The molecule has 0 spiro atoms. The molecule has 0 atom stereocenters. The fourth-order valence-corrected chi connectivity index (χ4v) is 2.31. The molecule has 3 heteroatoms. The maximum atomic E-state index is 5.91. The summed E-state index contributed by atoms with van der Waals surface area (Å²) in [5.41, 5.74) is 3.57. The molecule has 3 rings (SSSR count). The average molecular weight is 282 g/mol. The van der Waals surface area contributed by atoms with Crippen LogP contribution in [0.2, 0.25) is 0 Å². The molecule has 1 aromatic carbocycles. The van der Waals surface area contributed by atoms with Gasteiger partial charge in [-0.15, -0.1) is 0 Å². The third-order valence-electron chi connectivity index (χ3n) is 3.78. The number of hydrogen-bond acceptors (Lipinski definition) is 3. The van der Waals surface area contributed by atoms with Crippen LogP contribution in [0, 0.1) is 6.92 Å². The minimum Gasteiger partial charge on any atom is -0.439 e. The Labute approximate surface area is 126 Å². The van der Waals surface area contributed by atoms with Gasteiger partial charge in [-0.3, -0.25) is 0 Å². The van der Waals surface area contributed by atoms with Crippen LogP contribution < -0.4 is 10.1 Å². The first kappa shape index (κ1) is 14.1. The van der Waals surface area contributed by atoms with Crippen molar-refractivity contribution in [3.63, 3.8) is 0 Å². The Balaban J connectivity index is 1.69. The zero-order valence-corrected chi connectivity index (χ0v) is 12.7. The summed E-state index contributed by atoms with van der Waals surface area (Å²) in [5, 5.41) is 3.50. The molecule has 1 heterocycles. The Morgan fingerprint density at radius 2 is 2.10 bits per heavy atom. The van der Waals surface area contributed by atoms with E-state index in [-0.39, 0.29) is 0 Å². The normalized spacial score (nSPS) is 14.2. The molecule has 0 bridgehead atoms. The van der Waals surface area contributed by atoms with Crippen LogP contribution in [0.15, 0.2) is 36.5 Å². The van der Waals surface area contributed by atoms with Gasteiger partial charge < -0.3 is 10.1 Å². The van der Waals surface area contributed by atoms with E-state index < -0.39 is 0 Å². The van der Waals surface area contributed by atoms with Crippen LogP contribution in [0.25, 0.3) is 0 Å². The van der Waals surface area contributed by atoms with Crippen molar-refractivity contribution in [3.05, 3.63) is 53.2 Å². The molecule has 0 radical (unpaired) electrons. The number of benzene rings is 1. The minimum atomic E-state index is 0.693. The van der Waals surface area contributed by atoms with Crippen LogP contribution in [0.1, 0.15) is 36.5 Å². The second-order valence-electron chi connectivity index (χ2n) is 5.72. The Morgan fingerprint density at radius 3 is 2.81 bits per heavy atom. The van der Waals surface area contributed by atoms with Gasteiger partial charge in [0, 0.05) is 24.3 Å². The van der Waals surface area contributed by atoms with Crippen molar-refractivity contribution in [1.29, 1.82) is 0 Å². The summed E-state index contributed by atoms with van der Waals surface area (Å²) in [6.07, 6.45) is 5.53. The Morgan fingerprint density at radius 1 is 1.24 bits per heavy atom. The molecule has 2 aromatic rings. The topological polar surface area (TPSA) is 34.1 Å². The Kier molecular flexibility index (Phi) is 4.20. The molecule has 21 heavy (non-hydrogen) atoms. The predicted molar refractivity (Wildman–Crippen MR) is 84.7 cm³/mol. The first-order valence-electron chi connectivity index (χ1n) is 7.70. The highest BCUT2D eigenvalue weighted by atomic mass is 16.5. The van der Waals surface area contributed by atoms with Crippen LogP contribution in [0.3, 0.4) is 0 Å². The monoisotopic (exact) mass is 282 g/mol. The van der Waals surface area contributed by atoms with Gasteiger partial charge in [-0.2, -0.15) is 0 Å². The smallest absolute Gasteiger partial charge is 0.222 e. The lowest BCUT2D eigenvalue weighted by atomic mass is 10.1. The first-order chi connectivity index (χ1) is 10.2. The van der Waals surface area contributed by atoms with E-state index >= 15 is 0 Å². The molecule has 1 aliphatic rings. The van der Waals surface area contributed by atoms with Crippen molar-refractivity contribution in [2.24, 2.45) is 0 Å². The fourth-order valence-electron chi connectivity index (χ4n) is 2.31. The summed E-state index contributed by atoms with van der Waals surface area (Å²) in [7, 11) is 0. The molecule has 0 aliphatic heterocycles. The number of nitrogens with zero attached hydrogens (tertiary/aromatic N) is 1. The number of ether oxygens (including phenoxy) is 1. The highest BCUT2D eigenvalue weighted by Gasteiger charge is 2.20. The molecule has 0 saturated heterocycles. The van der Waals surface area contributed by atoms with Gasteiger partial charge in [-0.25, -0.2) is 4.98 Å². The number of aromatic nitrogens is 1. The van der Waals surface area contributed by atoms with Crippen LogP contribution in [-0.2, 0) is 13.0 Å². The zero-order valence-electron chi connectivity index (χ0n) is 12.7. The van der Waals surface area contributed by atoms with Gasteiger partial charge in [-0.1, -0.05) is 19.1 Å². The Hall–Kier alpha value is -1.87. The number of hydrogen-bond donors (Lipinski definition) is 1. The molecule has 1 aliphatic carbocycles. The largest absolute Gasteiger partial charge is 0.439 e. The van der Waals surface area contributed by atoms with Crippen molar-refractivity contribution >= 4 is 0 Å². The van der Waals surface area contributed by atoms with Crippen molar-refractivity contribution in [1.82, 2.24) is 10.3 Å². The van der Waals surface area contributed by atoms with Crippen LogP contribution in [0.4, 0.5) is 0 Å². The predicted octanol–water partition coefficient (Wildman–Crippen LogP) is 4.00. The van der Waals surface area contributed by atoms with E-state index in [2.05, 4.69) is 35.4 Å². The van der Waals surface area contributed by atoms with Crippen molar-refractivity contribution in [2.75, 3.05) is 0 Å². The average Bonchev–Trinajstić information content (AvgIpc) is 3.32. The summed E-state index contributed by atoms with van der Waals surface area (Å²) < 4.78 is 5.91. The van der Waals surface area contributed by atoms with Crippen molar-refractivity contribution < 1.29 is 4.74 Å². The van der Waals surface area contributed by atoms with Gasteiger partial charge in [0.15, 0.2) is 0 Å². The Bertz CT molecular complexity index is 620. The molecule has 3 nitrogen and oxygen atoms in total. The summed E-state index contributed by atoms with van der Waals surface area (Å²) >= 11 is 0. The molecule has 0 unspecified atom stereocenters. The highest BCUT2D eigenvalue weighted by Crippen LogP contribution is 2.25. The first-order valence-corrected chi connectivity index (χ1v) is 7.70. The maximum Gasteiger partial charge on any atom is 0.222 e. The van der Waals surface area contributed by atoms with Gasteiger partial charge in [0.25, 0.3) is 0 Å². The van der Waals surface area contributed by atoms with E-state index in [1.807, 2.05) is 25.3 Å². The van der Waals surface area contributed by atoms with Gasteiger partial charge in [0.2, 0.25) is 5.88 Å². The van der Waals surface area contributed by atoms with Gasteiger partial charge in [0.1, 0.15) is 5.75 Å². The number of aryl methyl sites for hydroxylation is 2. The van der Waals surface area contributed by atoms with Crippen LogP contribution >= 0.6 is 0 Å². The van der Waals surface area contributed by atoms with Crippen molar-refractivity contribution in [2.45, 2.75) is 45.7 Å². The van der Waals surface area contributed by atoms with Gasteiger partial charge in [-0.05, 0) is 55.5 Å². The van der Waals surface area contributed by atoms with E-state index in [0.29, 0.717) is 5.88 Å². The number of pyridine rings is 1. The summed E-state index contributed by atoms with van der Waals surface area (Å²) in [6.45, 7) is 5.08. The maximum absolute atomic E-state index is 5.91. The SMILES string of the molecule is CCc1cccc(Oc2ncc(CNC3CC3)cc2C)c1. The molecule has 0 amide bonds. The second kappa shape index (κ2) is 6.27. The summed E-state index contributed by atoms with van der Waals surface area (Å²) in [6, 6.07) is 11.1. The van der Waals surface area contributed by atoms with Gasteiger partial charge in [0.05, 0.1) is 0 Å². The quantitative estimate of drug-likeness (QED) is 0.869. The number of rotatable bonds is 6. The molecule has 1 N–H and O–H groups in total. The van der Waals surface area contributed by atoms with Crippen molar-refractivity contribution in [3.8, 4) is 11.6 Å². The van der Waals surface area contributed by atoms with E-state index in [9.17, 15) is 0 Å². The number of nitrogens with one attached hydrogen (secondary N) is 1. The van der Waals surface area contributed by atoms with Gasteiger partial charge >= 0.3 is 0 Å². The fraction of sp³-hybridized carbons (Fsp3) is 0.389. The molecule has 1 aromatic heterocycles. The summed E-state index contributed by atoms with van der Waals surface area (Å²) in [4.78, 5) is 4.47. The zero-order chi connectivity index (χ0) is 14.7. The molecular weight excluding hydrogens is 260 g/mol. The molecule has 110 valence electrons. The van der Waals surface area contributed by atoms with E-state index in [0.717, 1.165) is 30.3 Å². The molecule has 1 saturated carbocycles. The van der Waals surface area contributed by atoms with Crippen LogP contribution in [0.5, 0.6) is 11.6 Å². The van der Waals surface area contributed by atoms with Crippen LogP contribution in [-0.4, -0.2) is 11.0 Å². The lowest BCUT2D eigenvalue weighted by molar-refractivity contribution is 0.457. The molecule has 1 fully saturated rings. The van der Waals surface area contributed by atoms with E-state index in [4.69, 9.17) is 4.74 Å². The van der Waals surface area contributed by atoms with E-state index in [1.54, 1.807) is 0 Å². The van der Waals surface area contributed by atoms with E-state index in [1.165, 1.54) is 24.0 Å². The summed E-state index contributed by atoms with van der Waals surface area (Å²) in [5.74, 6) is 1.55. The lowest BCUT2D eigenvalue weighted by Gasteiger charge is -2.10. The third-order valence-corrected chi connectivity index (χ3v) is 3.78.